The number of nitrogens with zero attached hydrogens (tertiary/aromatic N) is 1. The normalized spacial score (nSPS) is 20.8. The molecule has 3 rings (SSSR count). The molecule has 0 fully saturated rings. The van der Waals surface area contributed by atoms with E-state index in [2.05, 4.69) is 27.0 Å². The van der Waals surface area contributed by atoms with Gasteiger partial charge in [0.05, 0.1) is 7.11 Å². The number of aromatic nitrogens is 1. The summed E-state index contributed by atoms with van der Waals surface area (Å²) in [5.74, 6) is 0.865. The van der Waals surface area contributed by atoms with Gasteiger partial charge < -0.3 is 10.5 Å². The van der Waals surface area contributed by atoms with Crippen molar-refractivity contribution in [3.05, 3.63) is 52.1 Å². The van der Waals surface area contributed by atoms with Crippen LogP contribution in [0.25, 0.3) is 0 Å². The highest BCUT2D eigenvalue weighted by atomic mass is 79.9. The average molecular weight is 351 g/mol. The number of benzene rings is 1. The molecule has 0 radical (unpaired) electrons. The van der Waals surface area contributed by atoms with Crippen LogP contribution in [0.4, 0.5) is 0 Å². The number of hydrogen-bond donors (Lipinski definition) is 1. The number of nitrogens with two attached hydrogens (primary N) is 1. The van der Waals surface area contributed by atoms with Gasteiger partial charge in [-0.1, -0.05) is 17.8 Å². The lowest BCUT2D eigenvalue weighted by Crippen LogP contribution is -2.19. The highest BCUT2D eigenvalue weighted by Gasteiger charge is 2.31. The van der Waals surface area contributed by atoms with Gasteiger partial charge in [0.2, 0.25) is 0 Å². The maximum absolute atomic E-state index is 6.39. The van der Waals surface area contributed by atoms with E-state index in [9.17, 15) is 0 Å². The van der Waals surface area contributed by atoms with E-state index in [4.69, 9.17) is 10.5 Å². The van der Waals surface area contributed by atoms with Gasteiger partial charge in [-0.05, 0) is 57.7 Å². The summed E-state index contributed by atoms with van der Waals surface area (Å²) in [6.45, 7) is 0. The van der Waals surface area contributed by atoms with Crippen molar-refractivity contribution in [1.82, 2.24) is 4.98 Å². The number of hydrogen-bond acceptors (Lipinski definition) is 4. The van der Waals surface area contributed by atoms with Gasteiger partial charge in [-0.25, -0.2) is 4.98 Å². The van der Waals surface area contributed by atoms with Crippen LogP contribution in [0.15, 0.2) is 46.0 Å². The van der Waals surface area contributed by atoms with Gasteiger partial charge in [0, 0.05) is 22.0 Å². The first-order valence-electron chi connectivity index (χ1n) is 6.38. The van der Waals surface area contributed by atoms with E-state index >= 15 is 0 Å². The van der Waals surface area contributed by atoms with E-state index in [1.807, 2.05) is 30.5 Å². The summed E-state index contributed by atoms with van der Waals surface area (Å²) in [5.41, 5.74) is 8.89. The third-order valence-corrected chi connectivity index (χ3v) is 5.74. The summed E-state index contributed by atoms with van der Waals surface area (Å²) in [4.78, 5) is 4.41. The predicted octanol–water partition coefficient (Wildman–Crippen LogP) is 3.57. The lowest BCUT2D eigenvalue weighted by atomic mass is 10.1. The Morgan fingerprint density at radius 3 is 3.00 bits per heavy atom. The summed E-state index contributed by atoms with van der Waals surface area (Å²) in [7, 11) is 1.68. The molecule has 2 N–H and O–H groups in total. The molecule has 2 unspecified atom stereocenters. The molecular formula is C15H15BrN2OS. The first kappa shape index (κ1) is 13.9. The zero-order valence-corrected chi connectivity index (χ0v) is 13.4. The molecule has 0 aliphatic heterocycles. The number of thioether (sulfide) groups is 1. The molecule has 5 heteroatoms. The van der Waals surface area contributed by atoms with Crippen LogP contribution in [-0.2, 0) is 6.42 Å². The van der Waals surface area contributed by atoms with Gasteiger partial charge in [-0.15, -0.1) is 0 Å². The summed E-state index contributed by atoms with van der Waals surface area (Å²) in [6, 6.07) is 10.1. The highest BCUT2D eigenvalue weighted by Crippen LogP contribution is 2.42. The topological polar surface area (TPSA) is 48.1 Å². The molecule has 0 spiro atoms. The molecule has 104 valence electrons. The lowest BCUT2D eigenvalue weighted by Gasteiger charge is -2.15. The number of halogens is 1. The van der Waals surface area contributed by atoms with E-state index < -0.39 is 0 Å². The Balaban J connectivity index is 1.83. The molecule has 0 bridgehead atoms. The maximum Gasteiger partial charge on any atom is 0.119 e. The Hall–Kier alpha value is -1.04. The van der Waals surface area contributed by atoms with Crippen LogP contribution in [0, 0.1) is 0 Å². The van der Waals surface area contributed by atoms with Crippen LogP contribution in [0.2, 0.25) is 0 Å². The summed E-state index contributed by atoms with van der Waals surface area (Å²) < 4.78 is 6.30. The van der Waals surface area contributed by atoms with Gasteiger partial charge in [0.25, 0.3) is 0 Å². The smallest absolute Gasteiger partial charge is 0.119 e. The number of fused-ring (bicyclic) bond motifs is 1. The van der Waals surface area contributed by atoms with Crippen molar-refractivity contribution in [2.75, 3.05) is 7.11 Å². The molecule has 0 amide bonds. The number of rotatable bonds is 3. The second-order valence-corrected chi connectivity index (χ2v) is 6.82. The fourth-order valence-corrected chi connectivity index (χ4v) is 4.14. The molecule has 20 heavy (non-hydrogen) atoms. The van der Waals surface area contributed by atoms with Gasteiger partial charge >= 0.3 is 0 Å². The molecule has 0 saturated heterocycles. The van der Waals surface area contributed by atoms with Gasteiger partial charge in [-0.2, -0.15) is 0 Å². The zero-order chi connectivity index (χ0) is 14.1. The zero-order valence-electron chi connectivity index (χ0n) is 11.0. The second kappa shape index (κ2) is 5.76. The summed E-state index contributed by atoms with van der Waals surface area (Å²) >= 11 is 5.27. The minimum absolute atomic E-state index is 0.0130. The van der Waals surface area contributed by atoms with E-state index in [-0.39, 0.29) is 6.04 Å². The quantitative estimate of drug-likeness (QED) is 0.919. The second-order valence-electron chi connectivity index (χ2n) is 4.74. The Kier molecular flexibility index (Phi) is 4.01. The largest absolute Gasteiger partial charge is 0.497 e. The lowest BCUT2D eigenvalue weighted by molar-refractivity contribution is 0.414. The van der Waals surface area contributed by atoms with Gasteiger partial charge in [0.1, 0.15) is 10.8 Å². The number of ether oxygens (including phenoxy) is 1. The third-order valence-electron chi connectivity index (χ3n) is 3.52. The fraction of sp³-hybridized carbons (Fsp3) is 0.267. The minimum atomic E-state index is 0.0130. The molecule has 0 saturated carbocycles. The highest BCUT2D eigenvalue weighted by molar-refractivity contribution is 9.10. The first-order chi connectivity index (χ1) is 9.69. The monoisotopic (exact) mass is 350 g/mol. The van der Waals surface area contributed by atoms with E-state index in [1.165, 1.54) is 11.1 Å². The molecule has 1 aliphatic rings. The van der Waals surface area contributed by atoms with Gasteiger partial charge in [0.15, 0.2) is 0 Å². The average Bonchev–Trinajstić information content (AvgIpc) is 2.77. The Morgan fingerprint density at radius 2 is 2.25 bits per heavy atom. The van der Waals surface area contributed by atoms with Crippen molar-refractivity contribution >= 4 is 27.7 Å². The molecule has 1 aromatic heterocycles. The van der Waals surface area contributed by atoms with Crippen LogP contribution < -0.4 is 10.5 Å². The van der Waals surface area contributed by atoms with Crippen LogP contribution >= 0.6 is 27.7 Å². The molecule has 2 aromatic rings. The predicted molar refractivity (Wildman–Crippen MR) is 85.2 cm³/mol. The number of pyridine rings is 1. The fourth-order valence-electron chi connectivity index (χ4n) is 2.46. The van der Waals surface area contributed by atoms with Crippen molar-refractivity contribution in [2.24, 2.45) is 5.73 Å². The molecule has 1 heterocycles. The summed E-state index contributed by atoms with van der Waals surface area (Å²) in [6.07, 6.45) is 2.78. The molecular weight excluding hydrogens is 336 g/mol. The number of methoxy groups -OCH3 is 1. The molecule has 1 aromatic carbocycles. The third kappa shape index (κ3) is 2.57. The maximum atomic E-state index is 6.39. The van der Waals surface area contributed by atoms with E-state index in [0.29, 0.717) is 5.25 Å². The van der Waals surface area contributed by atoms with Crippen molar-refractivity contribution < 1.29 is 4.74 Å². The van der Waals surface area contributed by atoms with E-state index in [0.717, 1.165) is 21.7 Å². The minimum Gasteiger partial charge on any atom is -0.497 e. The molecule has 2 atom stereocenters. The van der Waals surface area contributed by atoms with Crippen LogP contribution in [0.3, 0.4) is 0 Å². The molecule has 3 nitrogen and oxygen atoms in total. The van der Waals surface area contributed by atoms with E-state index in [1.54, 1.807) is 18.9 Å². The van der Waals surface area contributed by atoms with Crippen LogP contribution in [0.5, 0.6) is 5.75 Å². The Labute approximate surface area is 131 Å². The Morgan fingerprint density at radius 1 is 1.40 bits per heavy atom. The van der Waals surface area contributed by atoms with Crippen molar-refractivity contribution in [2.45, 2.75) is 22.7 Å². The van der Waals surface area contributed by atoms with Crippen molar-refractivity contribution in [1.29, 1.82) is 0 Å². The first-order valence-corrected chi connectivity index (χ1v) is 8.06. The van der Waals surface area contributed by atoms with Gasteiger partial charge in [-0.3, -0.25) is 0 Å². The van der Waals surface area contributed by atoms with Crippen LogP contribution in [0.1, 0.15) is 17.2 Å². The van der Waals surface area contributed by atoms with Crippen LogP contribution in [-0.4, -0.2) is 17.3 Å². The van der Waals surface area contributed by atoms with Crippen molar-refractivity contribution in [3.63, 3.8) is 0 Å². The van der Waals surface area contributed by atoms with Crippen molar-refractivity contribution in [3.8, 4) is 5.75 Å². The standard InChI is InChI=1S/C15H15BrN2OS/c1-19-10-5-4-9-7-13(14(17)11(9)8-10)20-15-12(16)3-2-6-18-15/h2-6,8,13-14H,7,17H2,1H3. The SMILES string of the molecule is COc1ccc2c(c1)C(N)C(Sc1ncccc1Br)C2. The molecule has 1 aliphatic carbocycles. The Bertz CT molecular complexity index is 635. The summed E-state index contributed by atoms with van der Waals surface area (Å²) in [5, 5.41) is 1.30.